The molecule has 0 heterocycles. The van der Waals surface area contributed by atoms with Crippen LogP contribution in [0.4, 0.5) is 0 Å². The van der Waals surface area contributed by atoms with Crippen molar-refractivity contribution in [3.63, 3.8) is 0 Å². The largest absolute Gasteiger partial charge is 0.180 e. The summed E-state index contributed by atoms with van der Waals surface area (Å²) in [6.45, 7) is 11.5. The van der Waals surface area contributed by atoms with Crippen LogP contribution in [0.15, 0.2) is 121 Å². The number of unbranched alkanes of at least 4 members (excludes halogenated alkanes) is 1. The SMILES string of the molecule is CCCCB(Cc1ccc(C)cc1)c1ccc(-c2cc(C)cc(-c3ccccc3)c2)cc1.CCc1ccc(C)cc1. The minimum Gasteiger partial charge on any atom is -0.0797 e. The molecule has 1 heteroatoms. The fourth-order valence-corrected chi connectivity index (χ4v) is 5.36. The van der Waals surface area contributed by atoms with Crippen LogP contribution in [0.25, 0.3) is 22.3 Å². The Balaban J connectivity index is 0.000000367. The Morgan fingerprint density at radius 2 is 1.02 bits per heavy atom. The zero-order valence-electron chi connectivity index (χ0n) is 25.7. The Hall–Kier alpha value is -3.84. The van der Waals surface area contributed by atoms with Crippen LogP contribution in [-0.4, -0.2) is 6.71 Å². The van der Waals surface area contributed by atoms with Gasteiger partial charge in [-0.05, 0) is 73.0 Å². The molecule has 5 aromatic carbocycles. The average Bonchev–Trinajstić information content (AvgIpc) is 3.01. The topological polar surface area (TPSA) is 0 Å². The van der Waals surface area contributed by atoms with E-state index in [9.17, 15) is 0 Å². The summed E-state index contributed by atoms with van der Waals surface area (Å²) in [6.07, 6.45) is 6.01. The normalized spacial score (nSPS) is 10.6. The van der Waals surface area contributed by atoms with Crippen molar-refractivity contribution in [2.24, 2.45) is 0 Å². The van der Waals surface area contributed by atoms with Crippen LogP contribution in [0.5, 0.6) is 0 Å². The Bertz CT molecular complexity index is 1460. The molecule has 0 fully saturated rings. The maximum Gasteiger partial charge on any atom is 0.180 e. The van der Waals surface area contributed by atoms with Gasteiger partial charge in [-0.1, -0.05) is 170 Å². The van der Waals surface area contributed by atoms with Crippen molar-refractivity contribution in [2.45, 2.75) is 66.5 Å². The minimum absolute atomic E-state index is 0.573. The first-order valence-corrected chi connectivity index (χ1v) is 15.3. The number of aryl methyl sites for hydroxylation is 4. The van der Waals surface area contributed by atoms with Crippen LogP contribution in [0, 0.1) is 20.8 Å². The van der Waals surface area contributed by atoms with Gasteiger partial charge in [-0.25, -0.2) is 0 Å². The predicted molar refractivity (Wildman–Crippen MR) is 183 cm³/mol. The van der Waals surface area contributed by atoms with Crippen molar-refractivity contribution in [3.05, 3.63) is 149 Å². The highest BCUT2D eigenvalue weighted by atomic mass is 14.1. The van der Waals surface area contributed by atoms with E-state index < -0.39 is 0 Å². The molecule has 0 aliphatic heterocycles. The van der Waals surface area contributed by atoms with Crippen LogP contribution < -0.4 is 5.46 Å². The third-order valence-corrected chi connectivity index (χ3v) is 7.94. The predicted octanol–water partition coefficient (Wildman–Crippen LogP) is 10.5. The summed E-state index contributed by atoms with van der Waals surface area (Å²) in [5.74, 6) is 0. The molecule has 0 saturated heterocycles. The van der Waals surface area contributed by atoms with E-state index in [1.54, 1.807) is 0 Å². The van der Waals surface area contributed by atoms with Crippen molar-refractivity contribution in [1.82, 2.24) is 0 Å². The fourth-order valence-electron chi connectivity index (χ4n) is 5.36. The van der Waals surface area contributed by atoms with Gasteiger partial charge in [0.25, 0.3) is 0 Å². The first-order valence-electron chi connectivity index (χ1n) is 15.3. The maximum absolute atomic E-state index is 2.36. The van der Waals surface area contributed by atoms with Gasteiger partial charge >= 0.3 is 0 Å². The molecule has 5 aromatic rings. The zero-order valence-corrected chi connectivity index (χ0v) is 25.7. The molecule has 208 valence electrons. The fraction of sp³-hybridized carbons (Fsp3) is 0.250. The lowest BCUT2D eigenvalue weighted by atomic mass is 9.39. The first kappa shape index (κ1) is 30.1. The Kier molecular flexibility index (Phi) is 11.2. The van der Waals surface area contributed by atoms with E-state index in [0.29, 0.717) is 6.71 Å². The molecule has 0 amide bonds. The maximum atomic E-state index is 2.36. The second kappa shape index (κ2) is 15.2. The van der Waals surface area contributed by atoms with Crippen LogP contribution in [0.3, 0.4) is 0 Å². The quantitative estimate of drug-likeness (QED) is 0.164. The number of hydrogen-bond acceptors (Lipinski definition) is 0. The van der Waals surface area contributed by atoms with Crippen molar-refractivity contribution in [3.8, 4) is 22.3 Å². The molecule has 0 unspecified atom stereocenters. The number of hydrogen-bond donors (Lipinski definition) is 0. The number of benzene rings is 5. The Morgan fingerprint density at radius 1 is 0.488 bits per heavy atom. The lowest BCUT2D eigenvalue weighted by molar-refractivity contribution is 0.873. The molecule has 0 aliphatic rings. The summed E-state index contributed by atoms with van der Waals surface area (Å²) >= 11 is 0. The van der Waals surface area contributed by atoms with Crippen LogP contribution in [0.1, 0.15) is 54.5 Å². The van der Waals surface area contributed by atoms with Crippen LogP contribution in [0.2, 0.25) is 6.32 Å². The summed E-state index contributed by atoms with van der Waals surface area (Å²) in [4.78, 5) is 0. The second-order valence-corrected chi connectivity index (χ2v) is 11.4. The van der Waals surface area contributed by atoms with E-state index in [0.717, 1.165) is 12.7 Å². The van der Waals surface area contributed by atoms with Crippen LogP contribution >= 0.6 is 0 Å². The highest BCUT2D eigenvalue weighted by Gasteiger charge is 2.17. The lowest BCUT2D eigenvalue weighted by Crippen LogP contribution is -2.32. The molecule has 0 bridgehead atoms. The summed E-state index contributed by atoms with van der Waals surface area (Å²) in [5.41, 5.74) is 13.4. The lowest BCUT2D eigenvalue weighted by Gasteiger charge is -2.15. The molecule has 0 saturated carbocycles. The van der Waals surface area contributed by atoms with Gasteiger partial charge in [-0.15, -0.1) is 0 Å². The molecular formula is C40H45B. The van der Waals surface area contributed by atoms with Crippen molar-refractivity contribution in [2.75, 3.05) is 0 Å². The molecule has 0 aromatic heterocycles. The third kappa shape index (κ3) is 9.09. The Morgan fingerprint density at radius 3 is 1.56 bits per heavy atom. The molecule has 0 radical (unpaired) electrons. The number of rotatable bonds is 9. The van der Waals surface area contributed by atoms with Gasteiger partial charge in [0.05, 0.1) is 0 Å². The van der Waals surface area contributed by atoms with Gasteiger partial charge in [0.15, 0.2) is 6.71 Å². The molecular weight excluding hydrogens is 491 g/mol. The molecule has 0 N–H and O–H groups in total. The third-order valence-electron chi connectivity index (χ3n) is 7.94. The molecule has 41 heavy (non-hydrogen) atoms. The summed E-state index contributed by atoms with van der Waals surface area (Å²) in [5, 5.41) is 0. The molecule has 0 atom stereocenters. The summed E-state index contributed by atoms with van der Waals surface area (Å²) < 4.78 is 0. The molecule has 5 rings (SSSR count). The van der Waals surface area contributed by atoms with Gasteiger partial charge < -0.3 is 0 Å². The highest BCUT2D eigenvalue weighted by molar-refractivity contribution is 6.72. The average molecular weight is 537 g/mol. The van der Waals surface area contributed by atoms with Gasteiger partial charge in [-0.3, -0.25) is 0 Å². The van der Waals surface area contributed by atoms with Crippen molar-refractivity contribution in [1.29, 1.82) is 0 Å². The van der Waals surface area contributed by atoms with Gasteiger partial charge in [-0.2, -0.15) is 0 Å². The van der Waals surface area contributed by atoms with Crippen molar-refractivity contribution >= 4 is 12.2 Å². The van der Waals surface area contributed by atoms with E-state index >= 15 is 0 Å². The second-order valence-electron chi connectivity index (χ2n) is 11.4. The van der Waals surface area contributed by atoms with Gasteiger partial charge in [0.1, 0.15) is 0 Å². The van der Waals surface area contributed by atoms with E-state index in [4.69, 9.17) is 0 Å². The van der Waals surface area contributed by atoms with E-state index in [2.05, 4.69) is 156 Å². The summed E-state index contributed by atoms with van der Waals surface area (Å²) in [6, 6.07) is 44.6. The van der Waals surface area contributed by atoms with E-state index in [-0.39, 0.29) is 0 Å². The zero-order chi connectivity index (χ0) is 29.0. The monoisotopic (exact) mass is 536 g/mol. The van der Waals surface area contributed by atoms with Gasteiger partial charge in [0, 0.05) is 0 Å². The standard InChI is InChI=1S/C31H33B.C9H12/c1-4-5-19-32(23-26-13-11-24(2)12-14-26)31-17-15-28(16-18-31)30-21-25(3)20-29(22-30)27-9-7-6-8-10-27;1-3-9-6-4-8(2)5-7-9/h6-18,20-22H,4-5,19,23H2,1-3H3;4-7H,3H2,1-2H3. The van der Waals surface area contributed by atoms with E-state index in [1.807, 2.05) is 0 Å². The minimum atomic E-state index is 0.573. The smallest absolute Gasteiger partial charge is 0.0797 e. The first-order chi connectivity index (χ1) is 19.9. The van der Waals surface area contributed by atoms with Crippen LogP contribution in [-0.2, 0) is 12.7 Å². The van der Waals surface area contributed by atoms with Gasteiger partial charge in [0.2, 0.25) is 0 Å². The molecule has 0 nitrogen and oxygen atoms in total. The van der Waals surface area contributed by atoms with Crippen molar-refractivity contribution < 1.29 is 0 Å². The highest BCUT2D eigenvalue weighted by Crippen LogP contribution is 2.28. The molecule has 0 aliphatic carbocycles. The van der Waals surface area contributed by atoms with E-state index in [1.165, 1.54) is 74.7 Å². The Labute approximate surface area is 249 Å². The summed E-state index contributed by atoms with van der Waals surface area (Å²) in [7, 11) is 0. The molecule has 0 spiro atoms.